The van der Waals surface area contributed by atoms with E-state index in [0.29, 0.717) is 88.7 Å². The smallest absolute Gasteiger partial charge is 0.305 e. The second-order valence-electron chi connectivity index (χ2n) is 30.7. The summed E-state index contributed by atoms with van der Waals surface area (Å²) in [5.41, 5.74) is 3.91. The zero-order valence-corrected chi connectivity index (χ0v) is 53.5. The maximum atomic E-state index is 12.1. The molecule has 0 amide bonds. The molecule has 10 aliphatic rings. The summed E-state index contributed by atoms with van der Waals surface area (Å²) in [5, 5.41) is 19.2. The van der Waals surface area contributed by atoms with Crippen molar-refractivity contribution in [1.29, 1.82) is 0 Å². The summed E-state index contributed by atoms with van der Waals surface area (Å²) in [7, 11) is 4.68. The molecule has 2 saturated heterocycles. The van der Waals surface area contributed by atoms with Crippen LogP contribution in [0.5, 0.6) is 0 Å². The van der Waals surface area contributed by atoms with Crippen LogP contribution in [0, 0.1) is 92.7 Å². The minimum Gasteiger partial charge on any atom is -0.469 e. The van der Waals surface area contributed by atoms with Crippen molar-refractivity contribution in [2.24, 2.45) is 92.7 Å². The van der Waals surface area contributed by atoms with E-state index < -0.39 is 37.0 Å². The van der Waals surface area contributed by atoms with Crippen molar-refractivity contribution in [1.82, 2.24) is 30.0 Å². The van der Waals surface area contributed by atoms with Gasteiger partial charge < -0.3 is 37.9 Å². The highest BCUT2D eigenvalue weighted by molar-refractivity contribution is 5.69. The molecular formula is C70H104N6O10. The maximum absolute atomic E-state index is 12.1. The number of methoxy groups -OCH3 is 3. The van der Waals surface area contributed by atoms with Gasteiger partial charge in [-0.15, -0.1) is 10.2 Å². The molecule has 16 nitrogen and oxygen atoms in total. The van der Waals surface area contributed by atoms with Gasteiger partial charge in [0.25, 0.3) is 0 Å². The third kappa shape index (κ3) is 11.1. The van der Waals surface area contributed by atoms with Crippen LogP contribution in [0.25, 0.3) is 0 Å². The molecule has 8 aliphatic carbocycles. The number of carbonyl (C=O) groups is 2. The Morgan fingerprint density at radius 2 is 1.08 bits per heavy atom. The van der Waals surface area contributed by atoms with E-state index in [4.69, 9.17) is 58.5 Å². The Morgan fingerprint density at radius 3 is 1.58 bits per heavy atom. The number of hydrogen-bond acceptors (Lipinski definition) is 14. The lowest BCUT2D eigenvalue weighted by Crippen LogP contribution is -2.63. The van der Waals surface area contributed by atoms with E-state index in [1.165, 1.54) is 104 Å². The van der Waals surface area contributed by atoms with Gasteiger partial charge in [0.15, 0.2) is 12.6 Å². The van der Waals surface area contributed by atoms with Crippen LogP contribution >= 0.6 is 0 Å². The monoisotopic (exact) mass is 1190 g/mol. The van der Waals surface area contributed by atoms with Gasteiger partial charge in [0.1, 0.15) is 35.8 Å². The molecule has 0 unspecified atom stereocenters. The summed E-state index contributed by atoms with van der Waals surface area (Å²) in [6.07, 6.45) is 26.4. The van der Waals surface area contributed by atoms with E-state index in [-0.39, 0.29) is 25.2 Å². The van der Waals surface area contributed by atoms with E-state index in [1.807, 2.05) is 30.3 Å². The molecule has 13 rings (SSSR count). The first-order valence-corrected chi connectivity index (χ1v) is 34.2. The van der Waals surface area contributed by atoms with Crippen molar-refractivity contribution in [2.75, 3.05) is 27.9 Å². The van der Waals surface area contributed by atoms with E-state index in [0.717, 1.165) is 91.0 Å². The Bertz CT molecular complexity index is 2810. The fourth-order valence-corrected chi connectivity index (χ4v) is 22.6. The molecule has 0 bridgehead atoms. The van der Waals surface area contributed by atoms with Gasteiger partial charge in [-0.05, 0) is 221 Å². The highest BCUT2D eigenvalue weighted by Crippen LogP contribution is 2.71. The molecule has 8 saturated carbocycles. The average molecular weight is 1190 g/mol. The molecule has 10 fully saturated rings. The second-order valence-corrected chi connectivity index (χ2v) is 30.7. The number of benzene rings is 1. The highest BCUT2D eigenvalue weighted by Gasteiger charge is 2.63. The number of hydrogen-bond donors (Lipinski definition) is 0. The number of fused-ring (bicyclic) bond motifs is 11. The van der Waals surface area contributed by atoms with Crippen LogP contribution in [0.4, 0.5) is 0 Å². The molecule has 2 aromatic heterocycles. The number of esters is 2. The lowest BCUT2D eigenvalue weighted by molar-refractivity contribution is -0.369. The molecule has 3 aromatic rings. The van der Waals surface area contributed by atoms with Gasteiger partial charge in [0, 0.05) is 25.5 Å². The molecule has 0 radical (unpaired) electrons. The van der Waals surface area contributed by atoms with Crippen molar-refractivity contribution in [3.05, 3.63) is 59.7 Å². The van der Waals surface area contributed by atoms with Crippen molar-refractivity contribution >= 4 is 11.9 Å². The van der Waals surface area contributed by atoms with Gasteiger partial charge in [-0.2, -0.15) is 0 Å². The second kappa shape index (κ2) is 24.8. The predicted molar refractivity (Wildman–Crippen MR) is 322 cm³/mol. The zero-order valence-electron chi connectivity index (χ0n) is 53.5. The molecule has 1 aromatic carbocycles. The van der Waals surface area contributed by atoms with Gasteiger partial charge in [0.05, 0.1) is 58.5 Å². The summed E-state index contributed by atoms with van der Waals surface area (Å²) in [6, 6.07) is 10.7. The van der Waals surface area contributed by atoms with Crippen LogP contribution in [-0.4, -0.2) is 101 Å². The predicted octanol–water partition coefficient (Wildman–Crippen LogP) is 13.4. The number of ether oxygens (including phenoxy) is 8. The number of rotatable bonds is 18. The third-order valence-corrected chi connectivity index (χ3v) is 27.2. The van der Waals surface area contributed by atoms with Crippen LogP contribution in [-0.2, 0) is 60.7 Å². The molecule has 86 heavy (non-hydrogen) atoms. The minimum absolute atomic E-state index is 0.0752. The van der Waals surface area contributed by atoms with Crippen LogP contribution < -0.4 is 0 Å². The molecule has 474 valence electrons. The van der Waals surface area contributed by atoms with Crippen LogP contribution in [0.3, 0.4) is 0 Å². The van der Waals surface area contributed by atoms with Crippen molar-refractivity contribution < 1.29 is 47.5 Å². The molecular weight excluding hydrogens is 1080 g/mol. The number of nitrogens with zero attached hydrogens (tertiary/aromatic N) is 6. The topological polar surface area (TPSA) is 169 Å². The maximum Gasteiger partial charge on any atom is 0.305 e. The Hall–Kier alpha value is -3.80. The zero-order chi connectivity index (χ0) is 59.7. The lowest BCUT2D eigenvalue weighted by atomic mass is 9.44. The van der Waals surface area contributed by atoms with Crippen molar-refractivity contribution in [2.45, 2.75) is 245 Å². The summed E-state index contributed by atoms with van der Waals surface area (Å²) in [4.78, 5) is 24.2. The number of carbonyl (C=O) groups excluding carboxylic acids is 2. The van der Waals surface area contributed by atoms with E-state index in [2.05, 4.69) is 63.3 Å². The minimum atomic E-state index is -0.748. The number of aromatic nitrogens is 6. The SMILES string of the molecule is COC(=O)CC[C@@H](C)[C@H]1CC[C@H]2[C@@H]3CC[C@@H]4C[C@@H](n5cc(CO[C@@H]6[C@@H](OCc7cn([C@H]8CC[C@@]9(C)[C@H](CC[C@@H]%10[C@@H]9CC[C@]9(C)[C@@H]([C@H](C)CCC(=O)OC)CC[C@@H]%109)C8)nn7)[C@@H](OC)O[C@@H]7CO[C@@H](c8ccccc8)O[C@@H]67)nn5)CC[C@]4(C)[C@H]3CC[C@]12C. The van der Waals surface area contributed by atoms with E-state index >= 15 is 0 Å². The molecule has 16 heteroatoms. The van der Waals surface area contributed by atoms with Gasteiger partial charge >= 0.3 is 11.9 Å². The summed E-state index contributed by atoms with van der Waals surface area (Å²) in [5.74, 6) is 8.38. The van der Waals surface area contributed by atoms with Crippen LogP contribution in [0.2, 0.25) is 0 Å². The fraction of sp³-hybridized carbons (Fsp3) is 0.829. The Balaban J connectivity index is 0.650. The molecule has 2 aliphatic heterocycles. The van der Waals surface area contributed by atoms with Gasteiger partial charge in [0.2, 0.25) is 0 Å². The summed E-state index contributed by atoms with van der Waals surface area (Å²) in [6.45, 7) is 16.1. The Kier molecular flexibility index (Phi) is 17.6. The summed E-state index contributed by atoms with van der Waals surface area (Å²) < 4.78 is 54.1. The van der Waals surface area contributed by atoms with Crippen molar-refractivity contribution in [3.63, 3.8) is 0 Å². The third-order valence-electron chi connectivity index (χ3n) is 27.2. The molecule has 0 N–H and O–H groups in total. The Morgan fingerprint density at radius 1 is 0.593 bits per heavy atom. The molecule has 24 atom stereocenters. The van der Waals surface area contributed by atoms with Crippen LogP contribution in [0.1, 0.15) is 218 Å². The first-order chi connectivity index (χ1) is 41.5. The first kappa shape index (κ1) is 61.1. The van der Waals surface area contributed by atoms with E-state index in [1.54, 1.807) is 7.11 Å². The quantitative estimate of drug-likeness (QED) is 0.110. The average Bonchev–Trinajstić information content (AvgIpc) is 1.42. The first-order valence-electron chi connectivity index (χ1n) is 34.2. The van der Waals surface area contributed by atoms with Crippen molar-refractivity contribution in [3.8, 4) is 0 Å². The highest BCUT2D eigenvalue weighted by atomic mass is 16.8. The molecule has 4 heterocycles. The van der Waals surface area contributed by atoms with Crippen LogP contribution in [0.15, 0.2) is 42.7 Å². The van der Waals surface area contributed by atoms with Gasteiger partial charge in [-0.1, -0.05) is 82.3 Å². The Labute approximate surface area is 512 Å². The van der Waals surface area contributed by atoms with Gasteiger partial charge in [-0.25, -0.2) is 9.36 Å². The van der Waals surface area contributed by atoms with Gasteiger partial charge in [-0.3, -0.25) is 9.59 Å². The fourth-order valence-electron chi connectivity index (χ4n) is 22.6. The standard InChI is InChI=1S/C70H104N6O10/c1-42(15-25-60(77)79-7)53-21-23-55-51-19-17-45-35-49(27-31-67(45,3)57(51)29-33-69(53,55)5)75-37-47(71-73-75)39-82-63-62-59(41-84-65(86-62)44-13-11-10-12-14-44)85-66(81-9)64(63)83-40-48-38-76(74-72-48)50-28-32-68(4)46(36-50)18-20-52-56-24-22-54(43(2)16-26-61(78)80-8)70(56,6)34-30-58(52)68/h10-14,37-38,42-43,45-46,49-59,62-66H,15-36,39-41H2,1-9H3/t42-,43-,45-,46-,49+,50+,51+,52+,53-,54-,55+,56+,57+,58+,59-,62-,63+,64-,65-,66+,67+,68+,69-,70-/m1/s1. The lowest BCUT2D eigenvalue weighted by Gasteiger charge is -2.61. The van der Waals surface area contributed by atoms with E-state index in [9.17, 15) is 9.59 Å². The largest absolute Gasteiger partial charge is 0.469 e. The molecule has 0 spiro atoms. The summed E-state index contributed by atoms with van der Waals surface area (Å²) >= 11 is 0. The normalized spacial score (nSPS) is 43.2.